The first-order valence-electron chi connectivity index (χ1n) is 6.07. The molecule has 0 saturated carbocycles. The SMILES string of the molecule is CCC(CC)(CN)NC(=O)c1oc(C)cc1C.Cl. The Morgan fingerprint density at radius 2 is 1.94 bits per heavy atom. The topological polar surface area (TPSA) is 68.3 Å². The molecule has 1 aromatic rings. The van der Waals surface area contributed by atoms with E-state index in [0.717, 1.165) is 24.2 Å². The molecule has 1 aromatic heterocycles. The predicted octanol–water partition coefficient (Wildman–Crippen LogP) is 2.57. The van der Waals surface area contributed by atoms with Crippen molar-refractivity contribution in [2.75, 3.05) is 6.54 Å². The first-order valence-corrected chi connectivity index (χ1v) is 6.07. The van der Waals surface area contributed by atoms with Gasteiger partial charge in [0, 0.05) is 12.1 Å². The standard InChI is InChI=1S/C13H22N2O2.ClH/c1-5-13(6-2,8-14)15-12(16)11-9(3)7-10(4)17-11;/h7H,5-6,8,14H2,1-4H3,(H,15,16);1H. The minimum Gasteiger partial charge on any atom is -0.456 e. The Balaban J connectivity index is 0.00000289. The Kier molecular flexibility index (Phi) is 6.43. The molecular formula is C13H23ClN2O2. The van der Waals surface area contributed by atoms with Gasteiger partial charge in [-0.25, -0.2) is 0 Å². The van der Waals surface area contributed by atoms with Crippen molar-refractivity contribution in [2.24, 2.45) is 5.73 Å². The van der Waals surface area contributed by atoms with E-state index in [2.05, 4.69) is 5.32 Å². The molecule has 0 radical (unpaired) electrons. The third-order valence-corrected chi connectivity index (χ3v) is 3.37. The van der Waals surface area contributed by atoms with Crippen molar-refractivity contribution in [3.8, 4) is 0 Å². The molecule has 0 spiro atoms. The molecule has 0 aliphatic carbocycles. The van der Waals surface area contributed by atoms with Gasteiger partial charge < -0.3 is 15.5 Å². The number of carbonyl (C=O) groups excluding carboxylic acids is 1. The number of rotatable bonds is 5. The summed E-state index contributed by atoms with van der Waals surface area (Å²) in [4.78, 5) is 12.1. The molecular weight excluding hydrogens is 252 g/mol. The van der Waals surface area contributed by atoms with E-state index >= 15 is 0 Å². The number of furan rings is 1. The van der Waals surface area contributed by atoms with Crippen LogP contribution in [0.4, 0.5) is 0 Å². The van der Waals surface area contributed by atoms with Gasteiger partial charge in [0.1, 0.15) is 5.76 Å². The van der Waals surface area contributed by atoms with Crippen LogP contribution in [-0.2, 0) is 0 Å². The van der Waals surface area contributed by atoms with E-state index in [0.29, 0.717) is 12.3 Å². The fourth-order valence-electron chi connectivity index (χ4n) is 1.93. The summed E-state index contributed by atoms with van der Waals surface area (Å²) in [7, 11) is 0. The van der Waals surface area contributed by atoms with Crippen LogP contribution >= 0.6 is 12.4 Å². The Morgan fingerprint density at radius 1 is 1.39 bits per heavy atom. The minimum atomic E-state index is -0.329. The summed E-state index contributed by atoms with van der Waals surface area (Å²) < 4.78 is 5.40. The number of nitrogens with two attached hydrogens (primary N) is 1. The smallest absolute Gasteiger partial charge is 0.287 e. The normalized spacial score (nSPS) is 10.9. The van der Waals surface area contributed by atoms with E-state index in [1.54, 1.807) is 0 Å². The van der Waals surface area contributed by atoms with E-state index in [1.165, 1.54) is 0 Å². The molecule has 0 aromatic carbocycles. The summed E-state index contributed by atoms with van der Waals surface area (Å²) >= 11 is 0. The maximum atomic E-state index is 12.1. The van der Waals surface area contributed by atoms with Crippen molar-refractivity contribution in [1.29, 1.82) is 0 Å². The molecule has 4 nitrogen and oxygen atoms in total. The van der Waals surface area contributed by atoms with Crippen molar-refractivity contribution in [1.82, 2.24) is 5.32 Å². The fourth-order valence-corrected chi connectivity index (χ4v) is 1.93. The van der Waals surface area contributed by atoms with Crippen LogP contribution in [0.15, 0.2) is 10.5 Å². The van der Waals surface area contributed by atoms with Crippen LogP contribution in [0.3, 0.4) is 0 Å². The molecule has 3 N–H and O–H groups in total. The first-order chi connectivity index (χ1) is 7.98. The number of halogens is 1. The van der Waals surface area contributed by atoms with Crippen molar-refractivity contribution >= 4 is 18.3 Å². The van der Waals surface area contributed by atoms with Crippen LogP contribution in [0.5, 0.6) is 0 Å². The zero-order valence-electron chi connectivity index (χ0n) is 11.5. The number of hydrogen-bond acceptors (Lipinski definition) is 3. The van der Waals surface area contributed by atoms with E-state index in [4.69, 9.17) is 10.2 Å². The van der Waals surface area contributed by atoms with Gasteiger partial charge in [-0.15, -0.1) is 12.4 Å². The lowest BCUT2D eigenvalue weighted by Gasteiger charge is -2.31. The van der Waals surface area contributed by atoms with Gasteiger partial charge in [0.25, 0.3) is 5.91 Å². The summed E-state index contributed by atoms with van der Waals surface area (Å²) in [6, 6.07) is 1.86. The van der Waals surface area contributed by atoms with Gasteiger partial charge in [-0.3, -0.25) is 4.79 Å². The lowest BCUT2D eigenvalue weighted by molar-refractivity contribution is 0.0864. The summed E-state index contributed by atoms with van der Waals surface area (Å²) in [6.07, 6.45) is 1.62. The monoisotopic (exact) mass is 274 g/mol. The molecule has 1 heterocycles. The number of carbonyl (C=O) groups is 1. The predicted molar refractivity (Wildman–Crippen MR) is 75.3 cm³/mol. The van der Waals surface area contributed by atoms with Crippen molar-refractivity contribution in [3.05, 3.63) is 23.2 Å². The van der Waals surface area contributed by atoms with E-state index in [9.17, 15) is 4.79 Å². The zero-order chi connectivity index (χ0) is 13.1. The summed E-state index contributed by atoms with van der Waals surface area (Å²) in [5.74, 6) is 0.964. The molecule has 0 unspecified atom stereocenters. The molecule has 18 heavy (non-hydrogen) atoms. The lowest BCUT2D eigenvalue weighted by atomic mass is 9.92. The maximum absolute atomic E-state index is 12.1. The second kappa shape index (κ2) is 6.81. The Labute approximate surface area is 115 Å². The number of aryl methyl sites for hydroxylation is 2. The van der Waals surface area contributed by atoms with Crippen LogP contribution in [0.25, 0.3) is 0 Å². The van der Waals surface area contributed by atoms with Gasteiger partial charge in [0.15, 0.2) is 5.76 Å². The van der Waals surface area contributed by atoms with Gasteiger partial charge in [-0.2, -0.15) is 0 Å². The van der Waals surface area contributed by atoms with Gasteiger partial charge in [0.2, 0.25) is 0 Å². The third-order valence-electron chi connectivity index (χ3n) is 3.37. The van der Waals surface area contributed by atoms with Gasteiger partial charge in [-0.1, -0.05) is 13.8 Å². The molecule has 1 rings (SSSR count). The first kappa shape index (κ1) is 17.0. The maximum Gasteiger partial charge on any atom is 0.287 e. The van der Waals surface area contributed by atoms with Crippen LogP contribution < -0.4 is 11.1 Å². The van der Waals surface area contributed by atoms with Gasteiger partial charge in [0.05, 0.1) is 5.54 Å². The molecule has 0 fully saturated rings. The van der Waals surface area contributed by atoms with E-state index < -0.39 is 0 Å². The largest absolute Gasteiger partial charge is 0.456 e. The number of hydrogen-bond donors (Lipinski definition) is 2. The van der Waals surface area contributed by atoms with Crippen molar-refractivity contribution < 1.29 is 9.21 Å². The Hall–Kier alpha value is -1.00. The fraction of sp³-hybridized carbons (Fsp3) is 0.615. The average molecular weight is 275 g/mol. The highest BCUT2D eigenvalue weighted by atomic mass is 35.5. The summed E-state index contributed by atoms with van der Waals surface area (Å²) in [6.45, 7) is 8.19. The van der Waals surface area contributed by atoms with Crippen LogP contribution in [-0.4, -0.2) is 18.0 Å². The molecule has 0 saturated heterocycles. The molecule has 0 atom stereocenters. The molecule has 1 amide bonds. The number of amides is 1. The summed E-state index contributed by atoms with van der Waals surface area (Å²) in [5, 5.41) is 2.99. The zero-order valence-corrected chi connectivity index (χ0v) is 12.3. The second-order valence-corrected chi connectivity index (χ2v) is 4.51. The second-order valence-electron chi connectivity index (χ2n) is 4.51. The molecule has 0 aliphatic rings. The van der Waals surface area contributed by atoms with Crippen LogP contribution in [0, 0.1) is 13.8 Å². The Bertz CT molecular complexity index is 389. The summed E-state index contributed by atoms with van der Waals surface area (Å²) in [5.41, 5.74) is 6.28. The van der Waals surface area contributed by atoms with Gasteiger partial charge in [-0.05, 0) is 32.8 Å². The highest BCUT2D eigenvalue weighted by Gasteiger charge is 2.28. The third kappa shape index (κ3) is 3.50. The van der Waals surface area contributed by atoms with E-state index in [1.807, 2.05) is 33.8 Å². The quantitative estimate of drug-likeness (QED) is 0.867. The average Bonchev–Trinajstić information content (AvgIpc) is 2.65. The highest BCUT2D eigenvalue weighted by Crippen LogP contribution is 2.18. The molecule has 0 bridgehead atoms. The van der Waals surface area contributed by atoms with E-state index in [-0.39, 0.29) is 23.9 Å². The molecule has 0 aliphatic heterocycles. The van der Waals surface area contributed by atoms with Crippen LogP contribution in [0.1, 0.15) is 48.6 Å². The number of nitrogens with one attached hydrogen (secondary N) is 1. The van der Waals surface area contributed by atoms with Crippen molar-refractivity contribution in [2.45, 2.75) is 46.1 Å². The molecule has 5 heteroatoms. The lowest BCUT2D eigenvalue weighted by Crippen LogP contribution is -2.52. The minimum absolute atomic E-state index is 0. The molecule has 104 valence electrons. The van der Waals surface area contributed by atoms with Crippen LogP contribution in [0.2, 0.25) is 0 Å². The Morgan fingerprint density at radius 3 is 2.28 bits per heavy atom. The highest BCUT2D eigenvalue weighted by molar-refractivity contribution is 5.93. The van der Waals surface area contributed by atoms with Crippen molar-refractivity contribution in [3.63, 3.8) is 0 Å². The van der Waals surface area contributed by atoms with Gasteiger partial charge >= 0.3 is 0 Å².